The maximum absolute atomic E-state index is 13.1. The maximum Gasteiger partial charge on any atom is 0.416 e. The lowest BCUT2D eigenvalue weighted by atomic mass is 9.75. The maximum atomic E-state index is 13.1. The topological polar surface area (TPSA) is 66.9 Å². The summed E-state index contributed by atoms with van der Waals surface area (Å²) < 4.78 is 39.3. The van der Waals surface area contributed by atoms with Crippen molar-refractivity contribution < 1.29 is 18.0 Å². The first-order valence-corrected chi connectivity index (χ1v) is 9.81. The Hall–Kier alpha value is -3.42. The van der Waals surface area contributed by atoms with E-state index in [2.05, 4.69) is 20.6 Å². The number of hydrogen-bond acceptors (Lipinski definition) is 5. The predicted octanol–water partition coefficient (Wildman–Crippen LogP) is 6.14. The molecule has 5 nitrogen and oxygen atoms in total. The third-order valence-electron chi connectivity index (χ3n) is 5.03. The van der Waals surface area contributed by atoms with Gasteiger partial charge in [0.25, 0.3) is 0 Å². The number of halogens is 3. The Morgan fingerprint density at radius 3 is 2.32 bits per heavy atom. The van der Waals surface area contributed by atoms with Gasteiger partial charge in [-0.25, -0.2) is 4.98 Å². The Morgan fingerprint density at radius 1 is 0.903 bits per heavy atom. The Balaban J connectivity index is 1.77. The standard InChI is InChI=1S/C23H21F3N4O/c1-22(2)12-17-19(18(31)13-22)20(27-16-10-6-7-14(11-16)23(24,25)26)30-21(29-17)28-15-8-4-3-5-9-15/h3-11H,12-13H2,1-2H3,(H2,27,28,29,30). The lowest BCUT2D eigenvalue weighted by Gasteiger charge is -2.30. The van der Waals surface area contributed by atoms with Crippen LogP contribution in [-0.2, 0) is 12.6 Å². The number of Topliss-reactive ketones (excluding diaryl/α,β-unsaturated/α-hetero) is 1. The molecule has 31 heavy (non-hydrogen) atoms. The highest BCUT2D eigenvalue weighted by Gasteiger charge is 2.35. The molecule has 2 N–H and O–H groups in total. The van der Waals surface area contributed by atoms with Crippen molar-refractivity contribution in [3.63, 3.8) is 0 Å². The molecule has 1 heterocycles. The minimum Gasteiger partial charge on any atom is -0.339 e. The van der Waals surface area contributed by atoms with E-state index in [1.807, 2.05) is 44.2 Å². The van der Waals surface area contributed by atoms with Crippen LogP contribution in [-0.4, -0.2) is 15.8 Å². The number of nitrogens with zero attached hydrogens (tertiary/aromatic N) is 2. The Kier molecular flexibility index (Phi) is 5.16. The van der Waals surface area contributed by atoms with E-state index in [9.17, 15) is 18.0 Å². The van der Waals surface area contributed by atoms with Gasteiger partial charge in [-0.1, -0.05) is 38.1 Å². The minimum absolute atomic E-state index is 0.132. The lowest BCUT2D eigenvalue weighted by molar-refractivity contribution is -0.137. The number of ketones is 1. The fraction of sp³-hybridized carbons (Fsp3) is 0.261. The molecule has 0 amide bonds. The van der Waals surface area contributed by atoms with Crippen LogP contribution in [0.1, 0.15) is 41.9 Å². The molecule has 0 atom stereocenters. The minimum atomic E-state index is -4.47. The molecule has 160 valence electrons. The van der Waals surface area contributed by atoms with Crippen LogP contribution in [0.25, 0.3) is 0 Å². The summed E-state index contributed by atoms with van der Waals surface area (Å²) in [6.45, 7) is 3.97. The largest absolute Gasteiger partial charge is 0.416 e. The summed E-state index contributed by atoms with van der Waals surface area (Å²) in [6.07, 6.45) is -3.61. The zero-order chi connectivity index (χ0) is 22.2. The van der Waals surface area contributed by atoms with Gasteiger partial charge in [-0.15, -0.1) is 0 Å². The smallest absolute Gasteiger partial charge is 0.339 e. The van der Waals surface area contributed by atoms with E-state index >= 15 is 0 Å². The van der Waals surface area contributed by atoms with Crippen molar-refractivity contribution in [2.75, 3.05) is 10.6 Å². The molecule has 0 saturated heterocycles. The summed E-state index contributed by atoms with van der Waals surface area (Å²) >= 11 is 0. The highest BCUT2D eigenvalue weighted by atomic mass is 19.4. The Bertz CT molecular complexity index is 1130. The molecular weight excluding hydrogens is 405 g/mol. The number of carbonyl (C=O) groups is 1. The highest BCUT2D eigenvalue weighted by Crippen LogP contribution is 2.38. The summed E-state index contributed by atoms with van der Waals surface area (Å²) in [5, 5.41) is 6.02. The molecule has 0 radical (unpaired) electrons. The average molecular weight is 426 g/mol. The van der Waals surface area contributed by atoms with E-state index in [-0.39, 0.29) is 28.7 Å². The van der Waals surface area contributed by atoms with Crippen molar-refractivity contribution in [2.45, 2.75) is 32.9 Å². The van der Waals surface area contributed by atoms with E-state index in [1.165, 1.54) is 12.1 Å². The second-order valence-corrected chi connectivity index (χ2v) is 8.35. The van der Waals surface area contributed by atoms with Crippen LogP contribution >= 0.6 is 0 Å². The van der Waals surface area contributed by atoms with Crippen LogP contribution < -0.4 is 10.6 Å². The number of anilines is 4. The molecule has 3 aromatic rings. The molecule has 0 bridgehead atoms. The van der Waals surface area contributed by atoms with Gasteiger partial charge in [-0.2, -0.15) is 18.2 Å². The van der Waals surface area contributed by atoms with Crippen LogP contribution in [0.15, 0.2) is 54.6 Å². The molecule has 0 unspecified atom stereocenters. The predicted molar refractivity (Wildman–Crippen MR) is 113 cm³/mol. The van der Waals surface area contributed by atoms with Gasteiger partial charge in [0, 0.05) is 17.8 Å². The fourth-order valence-electron chi connectivity index (χ4n) is 3.67. The van der Waals surface area contributed by atoms with Crippen LogP contribution in [0.5, 0.6) is 0 Å². The first-order valence-electron chi connectivity index (χ1n) is 9.81. The van der Waals surface area contributed by atoms with Gasteiger partial charge in [0.1, 0.15) is 5.82 Å². The van der Waals surface area contributed by atoms with Crippen LogP contribution in [0, 0.1) is 5.41 Å². The number of benzene rings is 2. The van der Waals surface area contributed by atoms with Crippen LogP contribution in [0.4, 0.5) is 36.3 Å². The number of rotatable bonds is 4. The second-order valence-electron chi connectivity index (χ2n) is 8.35. The van der Waals surface area contributed by atoms with E-state index in [4.69, 9.17) is 0 Å². The summed E-state index contributed by atoms with van der Waals surface area (Å²) in [6, 6.07) is 14.1. The Morgan fingerprint density at radius 2 is 1.61 bits per heavy atom. The zero-order valence-corrected chi connectivity index (χ0v) is 17.0. The first kappa shape index (κ1) is 20.8. The van der Waals surface area contributed by atoms with Gasteiger partial charge in [-0.05, 0) is 42.2 Å². The Labute approximate surface area is 177 Å². The molecule has 1 aliphatic rings. The SMILES string of the molecule is CC1(C)CC(=O)c2c(nc(Nc3ccccc3)nc2Nc2cccc(C(F)(F)F)c2)C1. The zero-order valence-electron chi connectivity index (χ0n) is 17.0. The van der Waals surface area contributed by atoms with E-state index < -0.39 is 11.7 Å². The van der Waals surface area contributed by atoms with Gasteiger partial charge in [-0.3, -0.25) is 4.79 Å². The third kappa shape index (κ3) is 4.68. The second kappa shape index (κ2) is 7.68. The molecule has 0 fully saturated rings. The summed E-state index contributed by atoms with van der Waals surface area (Å²) in [5.74, 6) is 0.333. The number of aromatic nitrogens is 2. The molecular formula is C23H21F3N4O. The van der Waals surface area contributed by atoms with Gasteiger partial charge in [0.2, 0.25) is 5.95 Å². The van der Waals surface area contributed by atoms with Crippen molar-refractivity contribution in [2.24, 2.45) is 5.41 Å². The number of hydrogen-bond donors (Lipinski definition) is 2. The van der Waals surface area contributed by atoms with E-state index in [1.54, 1.807) is 0 Å². The van der Waals surface area contributed by atoms with Gasteiger partial charge in [0.05, 0.1) is 16.8 Å². The van der Waals surface area contributed by atoms with Crippen molar-refractivity contribution in [3.8, 4) is 0 Å². The number of alkyl halides is 3. The first-order chi connectivity index (χ1) is 14.6. The number of nitrogens with one attached hydrogen (secondary N) is 2. The molecule has 0 spiro atoms. The molecule has 2 aromatic carbocycles. The number of carbonyl (C=O) groups excluding carboxylic acids is 1. The fourth-order valence-corrected chi connectivity index (χ4v) is 3.67. The van der Waals surface area contributed by atoms with E-state index in [0.29, 0.717) is 24.1 Å². The quantitative estimate of drug-likeness (QED) is 0.525. The van der Waals surface area contributed by atoms with Gasteiger partial charge >= 0.3 is 6.18 Å². The van der Waals surface area contributed by atoms with Crippen molar-refractivity contribution in [1.29, 1.82) is 0 Å². The highest BCUT2D eigenvalue weighted by molar-refractivity contribution is 6.03. The lowest BCUT2D eigenvalue weighted by Crippen LogP contribution is -2.29. The third-order valence-corrected chi connectivity index (χ3v) is 5.03. The van der Waals surface area contributed by atoms with Gasteiger partial charge < -0.3 is 10.6 Å². The van der Waals surface area contributed by atoms with Crippen molar-refractivity contribution in [1.82, 2.24) is 9.97 Å². The molecule has 0 aliphatic heterocycles. The number of para-hydroxylation sites is 1. The summed E-state index contributed by atoms with van der Waals surface area (Å²) in [7, 11) is 0. The van der Waals surface area contributed by atoms with Crippen molar-refractivity contribution in [3.05, 3.63) is 71.4 Å². The normalized spacial score (nSPS) is 15.3. The van der Waals surface area contributed by atoms with Gasteiger partial charge in [0.15, 0.2) is 5.78 Å². The molecule has 1 aliphatic carbocycles. The number of fused-ring (bicyclic) bond motifs is 1. The molecule has 4 rings (SSSR count). The van der Waals surface area contributed by atoms with E-state index in [0.717, 1.165) is 17.8 Å². The van der Waals surface area contributed by atoms with Crippen LogP contribution in [0.2, 0.25) is 0 Å². The molecule has 8 heteroatoms. The monoisotopic (exact) mass is 426 g/mol. The average Bonchev–Trinajstić information content (AvgIpc) is 2.67. The molecule has 0 saturated carbocycles. The van der Waals surface area contributed by atoms with Crippen LogP contribution in [0.3, 0.4) is 0 Å². The summed E-state index contributed by atoms with van der Waals surface area (Å²) in [4.78, 5) is 21.9. The molecule has 1 aromatic heterocycles. The van der Waals surface area contributed by atoms with Crippen molar-refractivity contribution >= 4 is 28.9 Å². The summed E-state index contributed by atoms with van der Waals surface area (Å²) in [5.41, 5.74) is 0.804.